The number of hydrogen-bond donors (Lipinski definition) is 2. The Morgan fingerprint density at radius 2 is 1.89 bits per heavy atom. The Kier molecular flexibility index (Phi) is 7.33. The number of likely N-dealkylation sites (tertiary alicyclic amines) is 2. The van der Waals surface area contributed by atoms with Crippen LogP contribution in [-0.4, -0.2) is 84.8 Å². The fourth-order valence-electron chi connectivity index (χ4n) is 7.76. The summed E-state index contributed by atoms with van der Waals surface area (Å²) in [4.78, 5) is 19.1. The molecule has 0 bridgehead atoms. The van der Waals surface area contributed by atoms with Gasteiger partial charge in [0.2, 0.25) is 5.91 Å². The molecule has 3 aliphatic heterocycles. The minimum absolute atomic E-state index is 0.00176. The van der Waals surface area contributed by atoms with Gasteiger partial charge in [0.15, 0.2) is 0 Å². The molecule has 2 aliphatic carbocycles. The van der Waals surface area contributed by atoms with Crippen LogP contribution in [0.25, 0.3) is 0 Å². The summed E-state index contributed by atoms with van der Waals surface area (Å²) in [6, 6.07) is -0.00176. The molecule has 3 saturated heterocycles. The Balaban J connectivity index is 1.24. The van der Waals surface area contributed by atoms with Crippen LogP contribution in [0.1, 0.15) is 51.9 Å². The van der Waals surface area contributed by atoms with Gasteiger partial charge in [-0.2, -0.15) is 13.2 Å². The summed E-state index contributed by atoms with van der Waals surface area (Å²) in [5.74, 6) is -5.26. The van der Waals surface area contributed by atoms with Gasteiger partial charge in [0, 0.05) is 25.0 Å². The number of carbonyl (C=O) groups excluding carboxylic acids is 1. The fourth-order valence-corrected chi connectivity index (χ4v) is 7.76. The average Bonchev–Trinajstić information content (AvgIpc) is 3.34. The standard InChI is InChI=1S/C25H40F5N5O/c1-15(6-22-32-31-14-33(22)2)17-4-3-5-18(9-17)35-11-20-19(23(35)36)7-16(8-21(20)25(28,29)30)10-34-12-24(26,27)13-34/h15-22,31-32H,3-14H2,1-2H3/t15-,16?,17?,18?,19?,20?,21?,22?/m1/s1. The zero-order valence-electron chi connectivity index (χ0n) is 21.2. The third-order valence-electron chi connectivity index (χ3n) is 9.72. The summed E-state index contributed by atoms with van der Waals surface area (Å²) in [5, 5.41) is 0. The number of rotatable bonds is 6. The smallest absolute Gasteiger partial charge is 0.339 e. The van der Waals surface area contributed by atoms with Crippen molar-refractivity contribution in [3.8, 4) is 0 Å². The molecule has 206 valence electrons. The number of nitrogens with one attached hydrogen (secondary N) is 2. The van der Waals surface area contributed by atoms with E-state index in [1.165, 1.54) is 4.90 Å². The van der Waals surface area contributed by atoms with E-state index in [1.807, 2.05) is 0 Å². The first-order valence-electron chi connectivity index (χ1n) is 13.6. The van der Waals surface area contributed by atoms with Crippen LogP contribution in [0.4, 0.5) is 22.0 Å². The molecule has 0 aromatic rings. The van der Waals surface area contributed by atoms with E-state index in [4.69, 9.17) is 0 Å². The normalized spacial score (nSPS) is 40.8. The van der Waals surface area contributed by atoms with Gasteiger partial charge in [0.05, 0.1) is 31.8 Å². The van der Waals surface area contributed by atoms with Crippen molar-refractivity contribution in [3.63, 3.8) is 0 Å². The second kappa shape index (κ2) is 9.93. The van der Waals surface area contributed by atoms with E-state index in [2.05, 4.69) is 29.7 Å². The van der Waals surface area contributed by atoms with Crippen LogP contribution in [0.5, 0.6) is 0 Å². The molecule has 0 spiro atoms. The van der Waals surface area contributed by atoms with Crippen molar-refractivity contribution >= 4 is 5.91 Å². The Bertz CT molecular complexity index is 804. The number of carbonyl (C=O) groups is 1. The van der Waals surface area contributed by atoms with Crippen LogP contribution in [0.2, 0.25) is 0 Å². The van der Waals surface area contributed by atoms with Crippen molar-refractivity contribution in [2.75, 3.05) is 39.9 Å². The maximum absolute atomic E-state index is 14.1. The van der Waals surface area contributed by atoms with Crippen molar-refractivity contribution in [2.24, 2.45) is 35.5 Å². The zero-order chi connectivity index (χ0) is 25.8. The van der Waals surface area contributed by atoms with Gasteiger partial charge in [0.25, 0.3) is 5.92 Å². The topological polar surface area (TPSA) is 50.9 Å². The predicted octanol–water partition coefficient (Wildman–Crippen LogP) is 3.51. The van der Waals surface area contributed by atoms with Crippen molar-refractivity contribution in [3.05, 3.63) is 0 Å². The molecule has 0 aromatic heterocycles. The van der Waals surface area contributed by atoms with E-state index in [1.54, 1.807) is 4.90 Å². The lowest BCUT2D eigenvalue weighted by molar-refractivity contribution is -0.206. The van der Waals surface area contributed by atoms with Crippen LogP contribution in [-0.2, 0) is 4.79 Å². The molecule has 6 nitrogen and oxygen atoms in total. The molecular weight excluding hydrogens is 481 g/mol. The summed E-state index contributed by atoms with van der Waals surface area (Å²) >= 11 is 0. The Labute approximate surface area is 210 Å². The molecule has 7 unspecified atom stereocenters. The van der Waals surface area contributed by atoms with Crippen LogP contribution in [0.15, 0.2) is 0 Å². The first-order valence-corrected chi connectivity index (χ1v) is 13.6. The molecule has 3 heterocycles. The molecule has 5 fully saturated rings. The molecule has 8 atom stereocenters. The van der Waals surface area contributed by atoms with Crippen molar-refractivity contribution in [1.29, 1.82) is 0 Å². The van der Waals surface area contributed by atoms with Crippen molar-refractivity contribution < 1.29 is 26.7 Å². The second-order valence-corrected chi connectivity index (χ2v) is 12.3. The monoisotopic (exact) mass is 521 g/mol. The van der Waals surface area contributed by atoms with Crippen LogP contribution in [0.3, 0.4) is 0 Å². The number of hydrazine groups is 1. The highest BCUT2D eigenvalue weighted by Crippen LogP contribution is 2.51. The molecule has 2 saturated carbocycles. The van der Waals surface area contributed by atoms with E-state index in [-0.39, 0.29) is 43.5 Å². The molecular formula is C25H40F5N5O. The number of amides is 1. The maximum Gasteiger partial charge on any atom is 0.392 e. The lowest BCUT2D eigenvalue weighted by Gasteiger charge is -2.44. The lowest BCUT2D eigenvalue weighted by atomic mass is 9.68. The Hall–Kier alpha value is -1.04. The maximum atomic E-state index is 14.1. The largest absolute Gasteiger partial charge is 0.392 e. The SMILES string of the molecule is C[C@H](CC1NNCN1C)C1CCCC(N2CC3C(CC(CN4CC(F)(F)C4)CC3C(F)(F)F)C2=O)C1. The highest BCUT2D eigenvalue weighted by molar-refractivity contribution is 5.82. The van der Waals surface area contributed by atoms with Gasteiger partial charge in [-0.3, -0.25) is 14.6 Å². The number of halogens is 5. The van der Waals surface area contributed by atoms with E-state index in [0.29, 0.717) is 18.3 Å². The summed E-state index contributed by atoms with van der Waals surface area (Å²) in [6.07, 6.45) is 0.945. The Morgan fingerprint density at radius 3 is 2.53 bits per heavy atom. The van der Waals surface area contributed by atoms with E-state index in [0.717, 1.165) is 38.8 Å². The van der Waals surface area contributed by atoms with Gasteiger partial charge in [-0.15, -0.1) is 0 Å². The van der Waals surface area contributed by atoms with Crippen LogP contribution >= 0.6 is 0 Å². The summed E-state index contributed by atoms with van der Waals surface area (Å²) in [5.41, 5.74) is 6.44. The van der Waals surface area contributed by atoms with Gasteiger partial charge in [-0.05, 0) is 62.8 Å². The van der Waals surface area contributed by atoms with E-state index >= 15 is 0 Å². The van der Waals surface area contributed by atoms with Gasteiger partial charge >= 0.3 is 6.18 Å². The minimum Gasteiger partial charge on any atom is -0.339 e. The fraction of sp³-hybridized carbons (Fsp3) is 0.960. The molecule has 36 heavy (non-hydrogen) atoms. The molecule has 5 aliphatic rings. The highest BCUT2D eigenvalue weighted by atomic mass is 19.4. The minimum atomic E-state index is -4.38. The third kappa shape index (κ3) is 5.40. The Morgan fingerprint density at radius 1 is 1.14 bits per heavy atom. The van der Waals surface area contributed by atoms with Gasteiger partial charge in [-0.1, -0.05) is 19.8 Å². The van der Waals surface area contributed by atoms with Crippen molar-refractivity contribution in [1.82, 2.24) is 25.6 Å². The van der Waals surface area contributed by atoms with Crippen LogP contribution in [0, 0.1) is 35.5 Å². The predicted molar refractivity (Wildman–Crippen MR) is 125 cm³/mol. The quantitative estimate of drug-likeness (QED) is 0.524. The van der Waals surface area contributed by atoms with E-state index in [9.17, 15) is 26.7 Å². The third-order valence-corrected chi connectivity index (χ3v) is 9.72. The number of hydrogen-bond acceptors (Lipinski definition) is 5. The average molecular weight is 522 g/mol. The molecule has 2 N–H and O–H groups in total. The van der Waals surface area contributed by atoms with Gasteiger partial charge < -0.3 is 4.90 Å². The highest BCUT2D eigenvalue weighted by Gasteiger charge is 2.58. The summed E-state index contributed by atoms with van der Waals surface area (Å²) in [6.45, 7) is 2.66. The van der Waals surface area contributed by atoms with Gasteiger partial charge in [-0.25, -0.2) is 19.6 Å². The summed E-state index contributed by atoms with van der Waals surface area (Å²) in [7, 11) is 2.07. The number of alkyl halides is 5. The van der Waals surface area contributed by atoms with Crippen LogP contribution < -0.4 is 10.9 Å². The van der Waals surface area contributed by atoms with Gasteiger partial charge in [0.1, 0.15) is 0 Å². The first kappa shape index (κ1) is 26.6. The molecule has 5 rings (SSSR count). The zero-order valence-corrected chi connectivity index (χ0v) is 21.2. The second-order valence-electron chi connectivity index (χ2n) is 12.3. The molecule has 0 aromatic carbocycles. The lowest BCUT2D eigenvalue weighted by Crippen LogP contribution is -2.58. The number of nitrogens with zero attached hydrogens (tertiary/aromatic N) is 3. The first-order chi connectivity index (χ1) is 16.9. The molecule has 11 heteroatoms. The molecule has 0 radical (unpaired) electrons. The van der Waals surface area contributed by atoms with Crippen molar-refractivity contribution in [2.45, 2.75) is 76.2 Å². The number of fused-ring (bicyclic) bond motifs is 1. The van der Waals surface area contributed by atoms with E-state index < -0.39 is 42.9 Å². The summed E-state index contributed by atoms with van der Waals surface area (Å²) < 4.78 is 68.9. The molecule has 1 amide bonds.